The molecule has 172 valence electrons. The number of ether oxygens (including phenoxy) is 2. The molecular weight excluding hydrogens is 406 g/mol. The fraction of sp³-hybridized carbons (Fsp3) is 0.480. The van der Waals surface area contributed by atoms with Gasteiger partial charge in [0, 0.05) is 31.0 Å². The lowest BCUT2D eigenvalue weighted by atomic mass is 10.0. The first kappa shape index (κ1) is 23.6. The van der Waals surface area contributed by atoms with Crippen molar-refractivity contribution in [3.63, 3.8) is 0 Å². The van der Waals surface area contributed by atoms with Crippen molar-refractivity contribution in [1.82, 2.24) is 14.8 Å². The minimum absolute atomic E-state index is 0.218. The molecule has 0 aliphatic carbocycles. The lowest BCUT2D eigenvalue weighted by molar-refractivity contribution is -0.00305. The van der Waals surface area contributed by atoms with Gasteiger partial charge in [0.2, 0.25) is 0 Å². The zero-order chi connectivity index (χ0) is 23.3. The Hall–Kier alpha value is -3.09. The Morgan fingerprint density at radius 2 is 1.66 bits per heavy atom. The Morgan fingerprint density at radius 1 is 1.00 bits per heavy atom. The van der Waals surface area contributed by atoms with Crippen molar-refractivity contribution in [1.29, 1.82) is 0 Å². The van der Waals surface area contributed by atoms with Gasteiger partial charge in [-0.2, -0.15) is 0 Å². The van der Waals surface area contributed by atoms with Crippen molar-refractivity contribution >= 4 is 12.2 Å². The largest absolute Gasteiger partial charge is 0.445 e. The summed E-state index contributed by atoms with van der Waals surface area (Å²) in [6.07, 6.45) is -0.126. The van der Waals surface area contributed by atoms with Crippen LogP contribution >= 0.6 is 0 Å². The number of benzene rings is 1. The maximum absolute atomic E-state index is 12.9. The minimum atomic E-state index is -0.586. The van der Waals surface area contributed by atoms with Gasteiger partial charge in [-0.3, -0.25) is 4.98 Å². The van der Waals surface area contributed by atoms with E-state index in [0.717, 1.165) is 22.5 Å². The first-order valence-corrected chi connectivity index (χ1v) is 11.0. The van der Waals surface area contributed by atoms with Crippen molar-refractivity contribution < 1.29 is 19.1 Å². The molecule has 0 N–H and O–H groups in total. The van der Waals surface area contributed by atoms with Crippen LogP contribution in [0.25, 0.3) is 0 Å². The molecule has 32 heavy (non-hydrogen) atoms. The molecule has 2 aromatic rings. The minimum Gasteiger partial charge on any atom is -0.445 e. The number of rotatable bonds is 4. The molecule has 1 unspecified atom stereocenters. The number of pyridine rings is 1. The Balaban J connectivity index is 1.72. The third-order valence-corrected chi connectivity index (χ3v) is 5.19. The van der Waals surface area contributed by atoms with E-state index >= 15 is 0 Å². The van der Waals surface area contributed by atoms with E-state index in [1.807, 2.05) is 77.1 Å². The summed E-state index contributed by atoms with van der Waals surface area (Å²) in [6, 6.07) is 13.4. The molecule has 7 heteroatoms. The molecule has 1 saturated heterocycles. The number of aromatic nitrogens is 1. The summed E-state index contributed by atoms with van der Waals surface area (Å²) in [5.74, 6) is 0. The maximum Gasteiger partial charge on any atom is 0.410 e. The first-order valence-electron chi connectivity index (χ1n) is 11.0. The number of hydrogen-bond donors (Lipinski definition) is 0. The lowest BCUT2D eigenvalue weighted by Crippen LogP contribution is -2.58. The molecule has 3 rings (SSSR count). The quantitative estimate of drug-likeness (QED) is 0.701. The SMILES string of the molecule is Cc1cc(CC2CN(C(=O)OCc3ccccc3)CCN2C(=O)OC(C)(C)C)cc(C)n1. The Bertz CT molecular complexity index is 920. The molecule has 1 aromatic heterocycles. The van der Waals surface area contributed by atoms with Crippen LogP contribution in [0.5, 0.6) is 0 Å². The van der Waals surface area contributed by atoms with Crippen LogP contribution in [-0.4, -0.2) is 58.2 Å². The van der Waals surface area contributed by atoms with Crippen LogP contribution in [0.4, 0.5) is 9.59 Å². The number of piperazine rings is 1. The maximum atomic E-state index is 12.9. The van der Waals surface area contributed by atoms with Gasteiger partial charge >= 0.3 is 12.2 Å². The fourth-order valence-electron chi connectivity index (χ4n) is 3.88. The molecule has 0 saturated carbocycles. The van der Waals surface area contributed by atoms with Gasteiger partial charge in [0.25, 0.3) is 0 Å². The van der Waals surface area contributed by atoms with E-state index in [4.69, 9.17) is 9.47 Å². The third kappa shape index (κ3) is 6.70. The second-order valence-corrected chi connectivity index (χ2v) is 9.28. The Morgan fingerprint density at radius 3 is 2.28 bits per heavy atom. The van der Waals surface area contributed by atoms with E-state index in [2.05, 4.69) is 4.98 Å². The zero-order valence-electron chi connectivity index (χ0n) is 19.6. The van der Waals surface area contributed by atoms with Gasteiger partial charge in [0.05, 0.1) is 6.04 Å². The van der Waals surface area contributed by atoms with Crippen molar-refractivity contribution in [3.8, 4) is 0 Å². The summed E-state index contributed by atoms with van der Waals surface area (Å²) in [5.41, 5.74) is 3.29. The van der Waals surface area contributed by atoms with Crippen LogP contribution in [0, 0.1) is 13.8 Å². The van der Waals surface area contributed by atoms with E-state index in [1.165, 1.54) is 0 Å². The standard InChI is InChI=1S/C25H33N3O4/c1-18-13-21(14-19(2)26-18)15-22-16-27(11-12-28(22)24(30)32-25(3,4)5)23(29)31-17-20-9-7-6-8-10-20/h6-10,13-14,22H,11-12,15-17H2,1-5H3. The molecule has 1 aliphatic rings. The summed E-state index contributed by atoms with van der Waals surface area (Å²) in [4.78, 5) is 33.5. The molecule has 1 atom stereocenters. The van der Waals surface area contributed by atoms with Crippen LogP contribution in [-0.2, 0) is 22.5 Å². The molecule has 7 nitrogen and oxygen atoms in total. The molecule has 0 bridgehead atoms. The van der Waals surface area contributed by atoms with Crippen LogP contribution in [0.2, 0.25) is 0 Å². The second kappa shape index (κ2) is 10.0. The highest BCUT2D eigenvalue weighted by Crippen LogP contribution is 2.20. The van der Waals surface area contributed by atoms with Crippen molar-refractivity contribution in [3.05, 3.63) is 65.0 Å². The summed E-state index contributed by atoms with van der Waals surface area (Å²) < 4.78 is 11.2. The van der Waals surface area contributed by atoms with E-state index in [0.29, 0.717) is 26.1 Å². The van der Waals surface area contributed by atoms with Crippen LogP contribution in [0.1, 0.15) is 43.3 Å². The van der Waals surface area contributed by atoms with Gasteiger partial charge in [0.15, 0.2) is 0 Å². The van der Waals surface area contributed by atoms with E-state index in [9.17, 15) is 9.59 Å². The van der Waals surface area contributed by atoms with Gasteiger partial charge in [-0.15, -0.1) is 0 Å². The summed E-state index contributed by atoms with van der Waals surface area (Å²) in [5, 5.41) is 0. The van der Waals surface area contributed by atoms with Crippen LogP contribution in [0.15, 0.2) is 42.5 Å². The van der Waals surface area contributed by atoms with Gasteiger partial charge in [-0.1, -0.05) is 30.3 Å². The van der Waals surface area contributed by atoms with Gasteiger partial charge < -0.3 is 19.3 Å². The predicted molar refractivity (Wildman–Crippen MR) is 122 cm³/mol. The molecule has 1 fully saturated rings. The molecule has 1 aliphatic heterocycles. The smallest absolute Gasteiger partial charge is 0.410 e. The zero-order valence-corrected chi connectivity index (χ0v) is 19.6. The number of carbonyl (C=O) groups is 2. The highest BCUT2D eigenvalue weighted by Gasteiger charge is 2.35. The number of hydrogen-bond acceptors (Lipinski definition) is 5. The number of aryl methyl sites for hydroxylation is 2. The van der Waals surface area contributed by atoms with Gasteiger partial charge in [-0.25, -0.2) is 9.59 Å². The second-order valence-electron chi connectivity index (χ2n) is 9.28. The molecule has 2 amide bonds. The van der Waals surface area contributed by atoms with Gasteiger partial charge in [-0.05, 0) is 64.3 Å². The number of amides is 2. The van der Waals surface area contributed by atoms with Gasteiger partial charge in [0.1, 0.15) is 12.2 Å². The lowest BCUT2D eigenvalue weighted by Gasteiger charge is -2.41. The normalized spacial score (nSPS) is 16.6. The molecule has 2 heterocycles. The van der Waals surface area contributed by atoms with E-state index in [1.54, 1.807) is 9.80 Å². The number of nitrogens with zero attached hydrogens (tertiary/aromatic N) is 3. The number of carbonyl (C=O) groups excluding carboxylic acids is 2. The third-order valence-electron chi connectivity index (χ3n) is 5.19. The average Bonchev–Trinajstić information content (AvgIpc) is 2.70. The monoisotopic (exact) mass is 439 g/mol. The average molecular weight is 440 g/mol. The van der Waals surface area contributed by atoms with Crippen LogP contribution in [0.3, 0.4) is 0 Å². The fourth-order valence-corrected chi connectivity index (χ4v) is 3.88. The highest BCUT2D eigenvalue weighted by molar-refractivity contribution is 5.71. The topological polar surface area (TPSA) is 72.0 Å². The summed E-state index contributed by atoms with van der Waals surface area (Å²) >= 11 is 0. The molecule has 0 radical (unpaired) electrons. The van der Waals surface area contributed by atoms with Crippen molar-refractivity contribution in [2.45, 2.75) is 59.3 Å². The molecule has 0 spiro atoms. The van der Waals surface area contributed by atoms with Crippen molar-refractivity contribution in [2.24, 2.45) is 0 Å². The Labute approximate surface area is 190 Å². The Kier molecular flexibility index (Phi) is 7.38. The van der Waals surface area contributed by atoms with Crippen LogP contribution < -0.4 is 0 Å². The summed E-state index contributed by atoms with van der Waals surface area (Å²) in [7, 11) is 0. The van der Waals surface area contributed by atoms with E-state index in [-0.39, 0.29) is 24.8 Å². The van der Waals surface area contributed by atoms with Crippen molar-refractivity contribution in [2.75, 3.05) is 19.6 Å². The first-order chi connectivity index (χ1) is 15.1. The molecular formula is C25H33N3O4. The van der Waals surface area contributed by atoms with E-state index < -0.39 is 5.60 Å². The molecule has 1 aromatic carbocycles. The predicted octanol–water partition coefficient (Wildman–Crippen LogP) is 4.50. The summed E-state index contributed by atoms with van der Waals surface area (Å²) in [6.45, 7) is 10.9. The highest BCUT2D eigenvalue weighted by atomic mass is 16.6.